The zero-order valence-electron chi connectivity index (χ0n) is 8.51. The average molecular weight is 312 g/mol. The average Bonchev–Trinajstić information content (AvgIpc) is 2.26. The van der Waals surface area contributed by atoms with Gasteiger partial charge in [0.25, 0.3) is 6.43 Å². The lowest BCUT2D eigenvalue weighted by Crippen LogP contribution is -2.05. The summed E-state index contributed by atoms with van der Waals surface area (Å²) in [5.74, 6) is -0.0342. The highest BCUT2D eigenvalue weighted by Gasteiger charge is 2.21. The van der Waals surface area contributed by atoms with Crippen molar-refractivity contribution in [2.75, 3.05) is 0 Å². The van der Waals surface area contributed by atoms with E-state index in [0.717, 1.165) is 0 Å². The van der Waals surface area contributed by atoms with Crippen LogP contribution in [0.5, 0.6) is 0 Å². The Hall–Kier alpha value is -0.480. The maximum absolute atomic E-state index is 12.8. The summed E-state index contributed by atoms with van der Waals surface area (Å²) < 4.78 is 25.6. The van der Waals surface area contributed by atoms with E-state index in [1.807, 2.05) is 0 Å². The molecule has 0 amide bonds. The van der Waals surface area contributed by atoms with Crippen molar-refractivity contribution in [3.8, 4) is 0 Å². The summed E-state index contributed by atoms with van der Waals surface area (Å²) in [5.41, 5.74) is 0.774. The topological polar surface area (TPSA) is 17.1 Å². The van der Waals surface area contributed by atoms with Gasteiger partial charge in [-0.2, -0.15) is 0 Å². The number of halogens is 4. The molecule has 0 heterocycles. The number of hydrogen-bond donors (Lipinski definition) is 0. The molecule has 0 aromatic heterocycles. The summed E-state index contributed by atoms with van der Waals surface area (Å²) in [6, 6.07) is 4.50. The van der Waals surface area contributed by atoms with Crippen LogP contribution in [0.4, 0.5) is 8.78 Å². The molecule has 5 heteroatoms. The lowest BCUT2D eigenvalue weighted by molar-refractivity contribution is -0.116. The molecule has 0 spiro atoms. The van der Waals surface area contributed by atoms with Gasteiger partial charge in [-0.25, -0.2) is 8.78 Å². The minimum Gasteiger partial charge on any atom is -0.298 e. The number of carbonyl (C=O) groups excluding carboxylic acids is 1. The zero-order valence-corrected chi connectivity index (χ0v) is 10.9. The van der Waals surface area contributed by atoms with E-state index < -0.39 is 11.3 Å². The van der Waals surface area contributed by atoms with E-state index in [2.05, 4.69) is 15.9 Å². The fourth-order valence-corrected chi connectivity index (χ4v) is 1.93. The molecule has 1 aromatic rings. The van der Waals surface area contributed by atoms with Crippen LogP contribution in [0.3, 0.4) is 0 Å². The Morgan fingerprint density at radius 2 is 2.06 bits per heavy atom. The Labute approximate surface area is 106 Å². The molecule has 88 valence electrons. The van der Waals surface area contributed by atoms with Gasteiger partial charge in [-0.1, -0.05) is 28.1 Å². The van der Waals surface area contributed by atoms with Gasteiger partial charge in [0, 0.05) is 11.4 Å². The number of benzene rings is 1. The first kappa shape index (κ1) is 13.6. The summed E-state index contributed by atoms with van der Waals surface area (Å²) in [7, 11) is 0. The third kappa shape index (κ3) is 3.01. The van der Waals surface area contributed by atoms with Crippen LogP contribution in [0.1, 0.15) is 34.9 Å². The van der Waals surface area contributed by atoms with Crippen LogP contribution in [0.25, 0.3) is 0 Å². The molecular formula is C11H10BrClF2O. The SMILES string of the molecule is CC(=O)C(Br)c1ccc(CCl)cc1C(F)F. The summed E-state index contributed by atoms with van der Waals surface area (Å²) >= 11 is 8.67. The van der Waals surface area contributed by atoms with Crippen molar-refractivity contribution in [3.05, 3.63) is 34.9 Å². The van der Waals surface area contributed by atoms with Crippen LogP contribution in [0, 0.1) is 0 Å². The molecule has 1 rings (SSSR count). The molecule has 0 fully saturated rings. The summed E-state index contributed by atoms with van der Waals surface area (Å²) in [5, 5.41) is 0. The van der Waals surface area contributed by atoms with Gasteiger partial charge in [0.05, 0.1) is 4.83 Å². The highest BCUT2D eigenvalue weighted by Crippen LogP contribution is 2.33. The van der Waals surface area contributed by atoms with E-state index in [1.54, 1.807) is 6.07 Å². The Morgan fingerprint density at radius 3 is 2.50 bits per heavy atom. The van der Waals surface area contributed by atoms with Crippen molar-refractivity contribution in [2.45, 2.75) is 24.1 Å². The molecule has 0 aliphatic carbocycles. The number of rotatable bonds is 4. The van der Waals surface area contributed by atoms with Crippen LogP contribution in [0.2, 0.25) is 0 Å². The van der Waals surface area contributed by atoms with Gasteiger partial charge in [0.1, 0.15) is 5.78 Å². The van der Waals surface area contributed by atoms with Gasteiger partial charge >= 0.3 is 0 Å². The van der Waals surface area contributed by atoms with Crippen LogP contribution in [-0.4, -0.2) is 5.78 Å². The number of hydrogen-bond acceptors (Lipinski definition) is 1. The van der Waals surface area contributed by atoms with Crippen LogP contribution in [0.15, 0.2) is 18.2 Å². The van der Waals surface area contributed by atoms with Crippen LogP contribution >= 0.6 is 27.5 Å². The molecule has 16 heavy (non-hydrogen) atoms. The Kier molecular flexibility index (Phi) is 4.87. The smallest absolute Gasteiger partial charge is 0.264 e. The quantitative estimate of drug-likeness (QED) is 0.754. The first-order valence-electron chi connectivity index (χ1n) is 4.58. The van der Waals surface area contributed by atoms with Gasteiger partial charge in [0.2, 0.25) is 0 Å². The van der Waals surface area contributed by atoms with Gasteiger partial charge in [-0.05, 0) is 24.1 Å². The number of alkyl halides is 4. The largest absolute Gasteiger partial charge is 0.298 e. The standard InChI is InChI=1S/C11H10BrClF2O/c1-6(16)10(12)8-3-2-7(5-13)4-9(8)11(14)15/h2-4,10-11H,5H2,1H3. The maximum atomic E-state index is 12.8. The van der Waals surface area contributed by atoms with E-state index >= 15 is 0 Å². The molecule has 0 bridgehead atoms. The molecule has 0 radical (unpaired) electrons. The lowest BCUT2D eigenvalue weighted by atomic mass is 10.0. The van der Waals surface area contributed by atoms with E-state index in [4.69, 9.17) is 11.6 Å². The Morgan fingerprint density at radius 1 is 1.44 bits per heavy atom. The lowest BCUT2D eigenvalue weighted by Gasteiger charge is -2.13. The molecule has 1 nitrogen and oxygen atoms in total. The third-order valence-electron chi connectivity index (χ3n) is 2.17. The van der Waals surface area contributed by atoms with Gasteiger partial charge in [-0.3, -0.25) is 4.79 Å². The fourth-order valence-electron chi connectivity index (χ4n) is 1.35. The number of ketones is 1. The second-order valence-corrected chi connectivity index (χ2v) is 4.55. The van der Waals surface area contributed by atoms with E-state index in [1.165, 1.54) is 19.1 Å². The Balaban J connectivity index is 3.22. The van der Waals surface area contributed by atoms with Crippen molar-refractivity contribution in [1.82, 2.24) is 0 Å². The predicted molar refractivity (Wildman–Crippen MR) is 63.3 cm³/mol. The van der Waals surface area contributed by atoms with E-state index in [9.17, 15) is 13.6 Å². The highest BCUT2D eigenvalue weighted by molar-refractivity contribution is 9.09. The summed E-state index contributed by atoms with van der Waals surface area (Å²) in [6.45, 7) is 1.35. The predicted octanol–water partition coefficient (Wildman–Crippen LogP) is 4.39. The zero-order chi connectivity index (χ0) is 12.3. The molecule has 1 atom stereocenters. The molecule has 0 aliphatic rings. The van der Waals surface area contributed by atoms with Crippen molar-refractivity contribution in [3.63, 3.8) is 0 Å². The fraction of sp³-hybridized carbons (Fsp3) is 0.364. The Bertz CT molecular complexity index is 396. The van der Waals surface area contributed by atoms with Crippen molar-refractivity contribution in [2.24, 2.45) is 0 Å². The minimum atomic E-state index is -2.61. The van der Waals surface area contributed by atoms with Crippen molar-refractivity contribution < 1.29 is 13.6 Å². The second kappa shape index (κ2) is 5.73. The normalized spacial score (nSPS) is 12.9. The van der Waals surface area contributed by atoms with Gasteiger partial charge in [0.15, 0.2) is 0 Å². The maximum Gasteiger partial charge on any atom is 0.264 e. The van der Waals surface area contributed by atoms with Gasteiger partial charge in [-0.15, -0.1) is 11.6 Å². The molecule has 0 saturated heterocycles. The summed E-state index contributed by atoms with van der Waals surface area (Å²) in [6.07, 6.45) is -2.61. The first-order chi connectivity index (χ1) is 7.47. The first-order valence-corrected chi connectivity index (χ1v) is 6.03. The molecule has 1 unspecified atom stereocenters. The molecule has 0 saturated carbocycles. The van der Waals surface area contributed by atoms with E-state index in [-0.39, 0.29) is 17.2 Å². The van der Waals surface area contributed by atoms with Gasteiger partial charge < -0.3 is 0 Å². The molecular weight excluding hydrogens is 301 g/mol. The molecule has 1 aromatic carbocycles. The molecule has 0 aliphatic heterocycles. The monoisotopic (exact) mass is 310 g/mol. The highest BCUT2D eigenvalue weighted by atomic mass is 79.9. The number of carbonyl (C=O) groups is 1. The van der Waals surface area contributed by atoms with Crippen LogP contribution < -0.4 is 0 Å². The van der Waals surface area contributed by atoms with Crippen molar-refractivity contribution in [1.29, 1.82) is 0 Å². The minimum absolute atomic E-state index is 0.143. The number of Topliss-reactive ketones (excluding diaryl/α,β-unsaturated/α-hetero) is 1. The summed E-state index contributed by atoms with van der Waals surface area (Å²) in [4.78, 5) is 10.5. The third-order valence-corrected chi connectivity index (χ3v) is 3.62. The van der Waals surface area contributed by atoms with Crippen molar-refractivity contribution >= 4 is 33.3 Å². The second-order valence-electron chi connectivity index (χ2n) is 3.37. The molecule has 0 N–H and O–H groups in total. The van der Waals surface area contributed by atoms with Crippen LogP contribution in [-0.2, 0) is 10.7 Å². The van der Waals surface area contributed by atoms with E-state index in [0.29, 0.717) is 11.1 Å².